The summed E-state index contributed by atoms with van der Waals surface area (Å²) >= 11 is 0. The van der Waals surface area contributed by atoms with Crippen LogP contribution in [0, 0.1) is 23.0 Å². The Labute approximate surface area is 264 Å². The highest BCUT2D eigenvalue weighted by Gasteiger charge is 2.33. The van der Waals surface area contributed by atoms with Gasteiger partial charge in [0.2, 0.25) is 11.8 Å². The number of carbonyl (C=O) groups excluding carboxylic acids is 4. The highest BCUT2D eigenvalue weighted by molar-refractivity contribution is 5.98. The first-order valence-electron chi connectivity index (χ1n) is 14.9. The predicted molar refractivity (Wildman–Crippen MR) is 162 cm³/mol. The van der Waals surface area contributed by atoms with Crippen molar-refractivity contribution in [3.8, 4) is 11.6 Å². The number of ether oxygens (including phenoxy) is 1. The molecule has 0 saturated carbocycles. The van der Waals surface area contributed by atoms with Gasteiger partial charge < -0.3 is 20.1 Å². The van der Waals surface area contributed by atoms with Gasteiger partial charge in [0.15, 0.2) is 28.9 Å². The summed E-state index contributed by atoms with van der Waals surface area (Å²) in [5, 5.41) is 16.2. The SMILES string of the molecule is CC(C)(C)C(=O)COc1cc(C(=O)NC(CCC(=O)O)C(=O)N2CCC(C(=O)c3ccc(F)c(F)c3)CC2)nn1-c1ccccc1. The van der Waals surface area contributed by atoms with E-state index >= 15 is 0 Å². The molecule has 1 aromatic heterocycles. The third kappa shape index (κ3) is 8.40. The second kappa shape index (κ2) is 14.4. The highest BCUT2D eigenvalue weighted by Crippen LogP contribution is 2.25. The van der Waals surface area contributed by atoms with E-state index in [0.29, 0.717) is 5.69 Å². The molecule has 2 aromatic carbocycles. The molecule has 2 amide bonds. The maximum absolute atomic E-state index is 13.7. The second-order valence-electron chi connectivity index (χ2n) is 12.1. The first kappa shape index (κ1) is 33.9. The normalized spacial score (nSPS) is 14.4. The number of hydrogen-bond donors (Lipinski definition) is 2. The average Bonchev–Trinajstić information content (AvgIpc) is 3.47. The lowest BCUT2D eigenvalue weighted by Gasteiger charge is -2.34. The number of ketones is 2. The smallest absolute Gasteiger partial charge is 0.303 e. The van der Waals surface area contributed by atoms with Crippen LogP contribution in [0.4, 0.5) is 8.78 Å². The Kier molecular flexibility index (Phi) is 10.7. The van der Waals surface area contributed by atoms with Crippen molar-refractivity contribution in [3.05, 3.63) is 77.5 Å². The zero-order valence-corrected chi connectivity index (χ0v) is 25.8. The lowest BCUT2D eigenvalue weighted by molar-refractivity contribution is -0.138. The number of halogens is 2. The van der Waals surface area contributed by atoms with Crippen LogP contribution < -0.4 is 10.1 Å². The molecule has 46 heavy (non-hydrogen) atoms. The van der Waals surface area contributed by atoms with E-state index in [1.54, 1.807) is 51.1 Å². The Morgan fingerprint density at radius 1 is 1.00 bits per heavy atom. The van der Waals surface area contributed by atoms with Crippen LogP contribution in [0.3, 0.4) is 0 Å². The van der Waals surface area contributed by atoms with E-state index in [2.05, 4.69) is 10.4 Å². The van der Waals surface area contributed by atoms with Crippen molar-refractivity contribution in [2.45, 2.75) is 52.5 Å². The van der Waals surface area contributed by atoms with Gasteiger partial charge in [0.25, 0.3) is 5.91 Å². The van der Waals surface area contributed by atoms with Gasteiger partial charge in [0.05, 0.1) is 5.69 Å². The number of carboxylic acid groups (broad SMARTS) is 1. The van der Waals surface area contributed by atoms with Crippen LogP contribution in [0.25, 0.3) is 5.69 Å². The number of para-hydroxylation sites is 1. The Balaban J connectivity index is 1.48. The molecule has 3 aromatic rings. The molecule has 1 unspecified atom stereocenters. The average molecular weight is 639 g/mol. The van der Waals surface area contributed by atoms with Gasteiger partial charge in [-0.05, 0) is 49.6 Å². The fraction of sp³-hybridized carbons (Fsp3) is 0.394. The monoisotopic (exact) mass is 638 g/mol. The number of carbonyl (C=O) groups is 5. The molecule has 1 atom stereocenters. The first-order valence-corrected chi connectivity index (χ1v) is 14.9. The Morgan fingerprint density at radius 2 is 1.67 bits per heavy atom. The van der Waals surface area contributed by atoms with E-state index in [9.17, 15) is 37.9 Å². The molecular weight excluding hydrogens is 602 g/mol. The molecular formula is C33H36F2N4O7. The van der Waals surface area contributed by atoms with Crippen molar-refractivity contribution in [1.29, 1.82) is 0 Å². The summed E-state index contributed by atoms with van der Waals surface area (Å²) in [6, 6.07) is 11.9. The molecule has 13 heteroatoms. The van der Waals surface area contributed by atoms with Crippen molar-refractivity contribution in [1.82, 2.24) is 20.0 Å². The van der Waals surface area contributed by atoms with Gasteiger partial charge in [-0.2, -0.15) is 5.10 Å². The van der Waals surface area contributed by atoms with Crippen LogP contribution in [0.2, 0.25) is 0 Å². The molecule has 0 radical (unpaired) electrons. The Hall–Kier alpha value is -4.94. The van der Waals surface area contributed by atoms with Crippen molar-refractivity contribution in [3.63, 3.8) is 0 Å². The molecule has 1 aliphatic rings. The van der Waals surface area contributed by atoms with Crippen LogP contribution in [0.5, 0.6) is 5.88 Å². The zero-order valence-electron chi connectivity index (χ0n) is 25.8. The number of aliphatic carboxylic acids is 1. The molecule has 4 rings (SSSR count). The summed E-state index contributed by atoms with van der Waals surface area (Å²) in [5.74, 6) is -5.56. The van der Waals surface area contributed by atoms with Gasteiger partial charge in [-0.25, -0.2) is 13.5 Å². The van der Waals surface area contributed by atoms with Gasteiger partial charge in [-0.1, -0.05) is 39.0 Å². The summed E-state index contributed by atoms with van der Waals surface area (Å²) < 4.78 is 34.1. The number of hydrogen-bond acceptors (Lipinski definition) is 7. The standard InChI is InChI=1S/C33H36F2N4O7/c1-33(2,3)27(40)19-46-28-18-26(37-39(28)22-7-5-4-6-8-22)31(44)36-25(11-12-29(41)42)32(45)38-15-13-20(14-16-38)30(43)21-9-10-23(34)24(35)17-21/h4-10,17-18,20,25H,11-16,19H2,1-3H3,(H,36,44)(H,41,42). The van der Waals surface area contributed by atoms with Crippen LogP contribution in [-0.2, 0) is 14.4 Å². The molecule has 0 spiro atoms. The quantitative estimate of drug-likeness (QED) is 0.280. The van der Waals surface area contributed by atoms with E-state index in [1.165, 1.54) is 21.7 Å². The van der Waals surface area contributed by atoms with E-state index in [0.717, 1.165) is 12.1 Å². The van der Waals surface area contributed by atoms with Crippen molar-refractivity contribution >= 4 is 29.4 Å². The van der Waals surface area contributed by atoms with Crippen LogP contribution >= 0.6 is 0 Å². The number of benzene rings is 2. The minimum Gasteiger partial charge on any atom is -0.481 e. The van der Waals surface area contributed by atoms with Gasteiger partial charge in [0.1, 0.15) is 12.6 Å². The van der Waals surface area contributed by atoms with E-state index in [-0.39, 0.29) is 67.7 Å². The van der Waals surface area contributed by atoms with E-state index in [4.69, 9.17) is 4.74 Å². The summed E-state index contributed by atoms with van der Waals surface area (Å²) in [4.78, 5) is 65.1. The minimum absolute atomic E-state index is 0.0383. The Morgan fingerprint density at radius 3 is 2.28 bits per heavy atom. The number of likely N-dealkylation sites (tertiary alicyclic amines) is 1. The maximum Gasteiger partial charge on any atom is 0.303 e. The van der Waals surface area contributed by atoms with E-state index < -0.39 is 53.2 Å². The lowest BCUT2D eigenvalue weighted by atomic mass is 9.88. The van der Waals surface area contributed by atoms with Gasteiger partial charge in [-0.3, -0.25) is 24.0 Å². The fourth-order valence-electron chi connectivity index (χ4n) is 4.91. The third-order valence-corrected chi connectivity index (χ3v) is 7.73. The van der Waals surface area contributed by atoms with E-state index in [1.807, 2.05) is 0 Å². The number of Topliss-reactive ketones (excluding diaryl/α,β-unsaturated/α-hetero) is 2. The largest absolute Gasteiger partial charge is 0.481 e. The maximum atomic E-state index is 13.7. The van der Waals surface area contributed by atoms with Crippen molar-refractivity contribution < 1.29 is 42.6 Å². The number of amides is 2. The molecule has 1 aliphatic heterocycles. The topological polar surface area (TPSA) is 148 Å². The minimum atomic E-state index is -1.21. The highest BCUT2D eigenvalue weighted by atomic mass is 19.2. The number of nitrogens with one attached hydrogen (secondary N) is 1. The number of carboxylic acids is 1. The van der Waals surface area contributed by atoms with Gasteiger partial charge >= 0.3 is 5.97 Å². The van der Waals surface area contributed by atoms with Crippen LogP contribution in [0.1, 0.15) is 67.3 Å². The second-order valence-corrected chi connectivity index (χ2v) is 12.1. The zero-order chi connectivity index (χ0) is 33.6. The summed E-state index contributed by atoms with van der Waals surface area (Å²) in [5.41, 5.74) is -0.183. The fourth-order valence-corrected chi connectivity index (χ4v) is 4.91. The molecule has 244 valence electrons. The number of rotatable bonds is 12. The molecule has 11 nitrogen and oxygen atoms in total. The molecule has 0 aliphatic carbocycles. The molecule has 2 N–H and O–H groups in total. The summed E-state index contributed by atoms with van der Waals surface area (Å²) in [6.45, 7) is 5.28. The number of piperidine rings is 1. The molecule has 1 fully saturated rings. The van der Waals surface area contributed by atoms with Gasteiger partial charge in [-0.15, -0.1) is 0 Å². The lowest BCUT2D eigenvalue weighted by Crippen LogP contribution is -2.51. The van der Waals surface area contributed by atoms with Gasteiger partial charge in [0, 0.05) is 42.5 Å². The number of nitrogens with zero attached hydrogens (tertiary/aromatic N) is 3. The summed E-state index contributed by atoms with van der Waals surface area (Å²) in [6.07, 6.45) is -0.1000. The van der Waals surface area contributed by atoms with Crippen LogP contribution in [0.15, 0.2) is 54.6 Å². The van der Waals surface area contributed by atoms with Crippen molar-refractivity contribution in [2.75, 3.05) is 19.7 Å². The predicted octanol–water partition coefficient (Wildman–Crippen LogP) is 4.23. The molecule has 2 heterocycles. The summed E-state index contributed by atoms with van der Waals surface area (Å²) in [7, 11) is 0. The molecule has 1 saturated heterocycles. The third-order valence-electron chi connectivity index (χ3n) is 7.73. The number of aromatic nitrogens is 2. The Bertz CT molecular complexity index is 1610. The first-order chi connectivity index (χ1) is 21.7. The van der Waals surface area contributed by atoms with Crippen molar-refractivity contribution in [2.24, 2.45) is 11.3 Å². The van der Waals surface area contributed by atoms with Crippen LogP contribution in [-0.4, -0.2) is 74.9 Å². The molecule has 0 bridgehead atoms.